The van der Waals surface area contributed by atoms with Gasteiger partial charge in [0.05, 0.1) is 0 Å². The van der Waals surface area contributed by atoms with E-state index in [9.17, 15) is 28.8 Å². The van der Waals surface area contributed by atoms with Crippen LogP contribution in [-0.4, -0.2) is 79.4 Å². The normalized spacial score (nSPS) is 24.0. The first-order valence-electron chi connectivity index (χ1n) is 10.2. The highest BCUT2D eigenvalue weighted by molar-refractivity contribution is 5.69. The number of H-pyrrole nitrogens is 1. The van der Waals surface area contributed by atoms with E-state index in [1.54, 1.807) is 0 Å². The van der Waals surface area contributed by atoms with E-state index >= 15 is 0 Å². The maximum Gasteiger partial charge on any atom is 0.329 e. The van der Waals surface area contributed by atoms with Gasteiger partial charge in [-0.3, -0.25) is 33.5 Å². The Morgan fingerprint density at radius 1 is 0.914 bits per heavy atom. The van der Waals surface area contributed by atoms with Crippen molar-refractivity contribution in [2.24, 2.45) is 7.05 Å². The summed E-state index contributed by atoms with van der Waals surface area (Å²) >= 11 is 0. The average Bonchev–Trinajstić information content (AvgIpc) is 3.16. The van der Waals surface area contributed by atoms with Crippen LogP contribution in [0.5, 0.6) is 0 Å². The van der Waals surface area contributed by atoms with Crippen LogP contribution in [0.3, 0.4) is 0 Å². The van der Waals surface area contributed by atoms with Crippen LogP contribution in [0.4, 0.5) is 0 Å². The van der Waals surface area contributed by atoms with Crippen LogP contribution >= 0.6 is 0 Å². The van der Waals surface area contributed by atoms with Crippen molar-refractivity contribution in [1.82, 2.24) is 24.5 Å². The van der Waals surface area contributed by atoms with Gasteiger partial charge >= 0.3 is 29.6 Å². The first-order valence-corrected chi connectivity index (χ1v) is 10.2. The van der Waals surface area contributed by atoms with Gasteiger partial charge in [0.25, 0.3) is 5.56 Å². The lowest BCUT2D eigenvalue weighted by Crippen LogP contribution is -2.60. The van der Waals surface area contributed by atoms with E-state index in [2.05, 4.69) is 15.3 Å². The number of aromatic amines is 1. The van der Waals surface area contributed by atoms with Gasteiger partial charge in [-0.2, -0.15) is 4.68 Å². The predicted octanol–water partition coefficient (Wildman–Crippen LogP) is -1.93. The fraction of sp³-hybridized carbons (Fsp3) is 0.579. The molecule has 1 aliphatic rings. The van der Waals surface area contributed by atoms with Crippen LogP contribution in [-0.2, 0) is 49.9 Å². The Morgan fingerprint density at radius 3 is 2.06 bits per heavy atom. The van der Waals surface area contributed by atoms with Crippen LogP contribution in [0.15, 0.2) is 9.59 Å². The summed E-state index contributed by atoms with van der Waals surface area (Å²) in [6.07, 6.45) is -7.05. The molecule has 0 radical (unpaired) electrons. The first-order chi connectivity index (χ1) is 16.4. The van der Waals surface area contributed by atoms with E-state index in [0.29, 0.717) is 0 Å². The molecular formula is C19H23N5O11. The fourth-order valence-electron chi connectivity index (χ4n) is 3.57. The second-order valence-electron chi connectivity index (χ2n) is 7.62. The lowest BCUT2D eigenvalue weighted by Gasteiger charge is -2.44. The highest BCUT2D eigenvalue weighted by atomic mass is 16.7. The molecule has 190 valence electrons. The first kappa shape index (κ1) is 25.5. The van der Waals surface area contributed by atoms with Gasteiger partial charge < -0.3 is 23.7 Å². The Hall–Kier alpha value is -4.08. The molecule has 1 aliphatic heterocycles. The number of aromatic nitrogens is 5. The Balaban J connectivity index is 2.20. The third-order valence-electron chi connectivity index (χ3n) is 4.94. The molecule has 2 aromatic heterocycles. The number of nitrogens with one attached hydrogen (secondary N) is 1. The van der Waals surface area contributed by atoms with E-state index in [0.717, 1.165) is 36.9 Å². The molecule has 16 heteroatoms. The Bertz CT molecular complexity index is 1280. The van der Waals surface area contributed by atoms with Crippen molar-refractivity contribution < 1.29 is 42.9 Å². The number of carbonyl (C=O) groups is 4. The SMILES string of the molecule is CC(=O)OC[C@@H]1O[C@@H](n2nnc3c(=O)n(C)c(=O)[nH]c32)[C@@H](OC(C)=O)[C@@H](OC(C)=O)[C@@H]1OC(C)=O. The summed E-state index contributed by atoms with van der Waals surface area (Å²) in [5.41, 5.74) is -1.98. The summed E-state index contributed by atoms with van der Waals surface area (Å²) < 4.78 is 28.7. The number of esters is 4. The van der Waals surface area contributed by atoms with E-state index < -0.39 is 72.4 Å². The van der Waals surface area contributed by atoms with E-state index in [-0.39, 0.29) is 11.2 Å². The lowest BCUT2D eigenvalue weighted by atomic mass is 9.97. The third-order valence-corrected chi connectivity index (χ3v) is 4.94. The standard InChI is InChI=1S/C19H23N5O11/c1-7(25)31-6-11-13(32-8(2)26)14(33-9(3)27)15(34-10(4)28)18(35-11)24-16-12(21-22-24)17(29)23(5)19(30)20-16/h11,13-15,18H,6H2,1-5H3,(H,20,30)/t11-,13+,14-,15-,18+/m0/s1. The molecule has 0 bridgehead atoms. The van der Waals surface area contributed by atoms with Gasteiger partial charge in [-0.25, -0.2) is 4.79 Å². The lowest BCUT2D eigenvalue weighted by molar-refractivity contribution is -0.269. The van der Waals surface area contributed by atoms with Gasteiger partial charge in [0.2, 0.25) is 0 Å². The molecule has 3 rings (SSSR count). The predicted molar refractivity (Wildman–Crippen MR) is 111 cm³/mol. The van der Waals surface area contributed by atoms with E-state index in [1.807, 2.05) is 0 Å². The van der Waals surface area contributed by atoms with Crippen LogP contribution in [0, 0.1) is 0 Å². The van der Waals surface area contributed by atoms with Crippen molar-refractivity contribution in [3.05, 3.63) is 20.8 Å². The maximum absolute atomic E-state index is 12.4. The van der Waals surface area contributed by atoms with E-state index in [4.69, 9.17) is 23.7 Å². The number of nitrogens with zero attached hydrogens (tertiary/aromatic N) is 4. The van der Waals surface area contributed by atoms with Gasteiger partial charge in [-0.15, -0.1) is 5.10 Å². The molecule has 1 saturated heterocycles. The molecule has 0 spiro atoms. The molecule has 0 amide bonds. The number of hydrogen-bond donors (Lipinski definition) is 1. The molecule has 0 aromatic carbocycles. The minimum absolute atomic E-state index is 0.181. The third kappa shape index (κ3) is 5.37. The topological polar surface area (TPSA) is 200 Å². The molecule has 0 unspecified atom stereocenters. The number of rotatable bonds is 6. The maximum atomic E-state index is 12.4. The van der Waals surface area contributed by atoms with Crippen LogP contribution in [0.2, 0.25) is 0 Å². The zero-order chi connectivity index (χ0) is 26.0. The zero-order valence-corrected chi connectivity index (χ0v) is 19.4. The van der Waals surface area contributed by atoms with Crippen molar-refractivity contribution in [1.29, 1.82) is 0 Å². The zero-order valence-electron chi connectivity index (χ0n) is 19.4. The van der Waals surface area contributed by atoms with Gasteiger partial charge in [-0.05, 0) is 0 Å². The van der Waals surface area contributed by atoms with Crippen molar-refractivity contribution in [2.45, 2.75) is 58.3 Å². The quantitative estimate of drug-likeness (QED) is 0.342. The second-order valence-corrected chi connectivity index (χ2v) is 7.62. The van der Waals surface area contributed by atoms with Crippen molar-refractivity contribution >= 4 is 35.0 Å². The van der Waals surface area contributed by atoms with Gasteiger partial charge in [0, 0.05) is 34.7 Å². The minimum Gasteiger partial charge on any atom is -0.463 e. The molecular weight excluding hydrogens is 474 g/mol. The summed E-state index contributed by atoms with van der Waals surface area (Å²) in [5.74, 6) is -3.11. The van der Waals surface area contributed by atoms with Crippen molar-refractivity contribution in [2.75, 3.05) is 6.61 Å². The monoisotopic (exact) mass is 497 g/mol. The Kier molecular flexibility index (Phi) is 7.33. The molecule has 16 nitrogen and oxygen atoms in total. The van der Waals surface area contributed by atoms with Gasteiger partial charge in [0.15, 0.2) is 35.7 Å². The van der Waals surface area contributed by atoms with Gasteiger partial charge in [0.1, 0.15) is 12.7 Å². The number of carbonyl (C=O) groups excluding carboxylic acids is 4. The van der Waals surface area contributed by atoms with Crippen LogP contribution < -0.4 is 11.2 Å². The van der Waals surface area contributed by atoms with Crippen molar-refractivity contribution in [3.8, 4) is 0 Å². The molecule has 3 heterocycles. The summed E-state index contributed by atoms with van der Waals surface area (Å²) in [7, 11) is 1.23. The summed E-state index contributed by atoms with van der Waals surface area (Å²) in [6.45, 7) is 3.92. The smallest absolute Gasteiger partial charge is 0.329 e. The molecule has 0 aliphatic carbocycles. The number of ether oxygens (including phenoxy) is 5. The molecule has 1 fully saturated rings. The minimum atomic E-state index is -1.49. The van der Waals surface area contributed by atoms with Crippen LogP contribution in [0.1, 0.15) is 33.9 Å². The fourth-order valence-corrected chi connectivity index (χ4v) is 3.57. The molecule has 2 aromatic rings. The highest BCUT2D eigenvalue weighted by Gasteiger charge is 2.53. The molecule has 5 atom stereocenters. The summed E-state index contributed by atoms with van der Waals surface area (Å²) in [4.78, 5) is 74.2. The van der Waals surface area contributed by atoms with Crippen LogP contribution in [0.25, 0.3) is 11.2 Å². The molecule has 35 heavy (non-hydrogen) atoms. The second kappa shape index (κ2) is 10.0. The molecule has 0 saturated carbocycles. The Morgan fingerprint density at radius 2 is 1.49 bits per heavy atom. The number of hydrogen-bond acceptors (Lipinski definition) is 13. The van der Waals surface area contributed by atoms with Crippen molar-refractivity contribution in [3.63, 3.8) is 0 Å². The average molecular weight is 497 g/mol. The Labute approximate surface area is 196 Å². The highest BCUT2D eigenvalue weighted by Crippen LogP contribution is 2.35. The van der Waals surface area contributed by atoms with E-state index in [1.165, 1.54) is 7.05 Å². The summed E-state index contributed by atoms with van der Waals surface area (Å²) in [6, 6.07) is 0. The molecule has 1 N–H and O–H groups in total. The largest absolute Gasteiger partial charge is 0.463 e. The number of fused-ring (bicyclic) bond motifs is 1. The summed E-state index contributed by atoms with van der Waals surface area (Å²) in [5, 5.41) is 7.63. The van der Waals surface area contributed by atoms with Gasteiger partial charge in [-0.1, -0.05) is 5.21 Å².